The molecule has 88 valence electrons. The highest BCUT2D eigenvalue weighted by Crippen LogP contribution is 2.14. The van der Waals surface area contributed by atoms with Crippen molar-refractivity contribution in [2.75, 3.05) is 5.32 Å². The zero-order valence-corrected chi connectivity index (χ0v) is 10.4. The summed E-state index contributed by atoms with van der Waals surface area (Å²) >= 11 is 0. The van der Waals surface area contributed by atoms with Crippen LogP contribution in [0.15, 0.2) is 24.3 Å². The van der Waals surface area contributed by atoms with Crippen LogP contribution in [0.4, 0.5) is 5.69 Å². The van der Waals surface area contributed by atoms with Crippen molar-refractivity contribution in [2.45, 2.75) is 40.0 Å². The normalized spacial score (nSPS) is 10.5. The molecule has 0 fully saturated rings. The SMILES string of the molecule is CCc1ccc(NC(=O)C(CC)CC)cc1. The van der Waals surface area contributed by atoms with Gasteiger partial charge >= 0.3 is 0 Å². The Bertz CT molecular complexity index is 325. The molecule has 0 bridgehead atoms. The van der Waals surface area contributed by atoms with Gasteiger partial charge in [0.1, 0.15) is 0 Å². The van der Waals surface area contributed by atoms with Crippen molar-refractivity contribution in [3.05, 3.63) is 29.8 Å². The standard InChI is InChI=1S/C14H21NO/c1-4-11-7-9-13(10-8-11)15-14(16)12(5-2)6-3/h7-10,12H,4-6H2,1-3H3,(H,15,16). The van der Waals surface area contributed by atoms with Gasteiger partial charge in [-0.25, -0.2) is 0 Å². The molecule has 0 spiro atoms. The fourth-order valence-corrected chi connectivity index (χ4v) is 1.73. The summed E-state index contributed by atoms with van der Waals surface area (Å²) in [6.45, 7) is 6.22. The average molecular weight is 219 g/mol. The summed E-state index contributed by atoms with van der Waals surface area (Å²) in [4.78, 5) is 11.8. The van der Waals surface area contributed by atoms with Crippen molar-refractivity contribution < 1.29 is 4.79 Å². The van der Waals surface area contributed by atoms with Crippen LogP contribution >= 0.6 is 0 Å². The molecule has 0 heterocycles. The lowest BCUT2D eigenvalue weighted by Crippen LogP contribution is -2.21. The Balaban J connectivity index is 2.62. The number of aryl methyl sites for hydroxylation is 1. The highest BCUT2D eigenvalue weighted by molar-refractivity contribution is 5.92. The zero-order chi connectivity index (χ0) is 12.0. The van der Waals surface area contributed by atoms with Crippen molar-refractivity contribution in [1.29, 1.82) is 0 Å². The minimum Gasteiger partial charge on any atom is -0.326 e. The highest BCUT2D eigenvalue weighted by atomic mass is 16.1. The summed E-state index contributed by atoms with van der Waals surface area (Å²) in [7, 11) is 0. The van der Waals surface area contributed by atoms with E-state index in [9.17, 15) is 4.79 Å². The number of rotatable bonds is 5. The fourth-order valence-electron chi connectivity index (χ4n) is 1.73. The van der Waals surface area contributed by atoms with Crippen molar-refractivity contribution >= 4 is 11.6 Å². The smallest absolute Gasteiger partial charge is 0.227 e. The summed E-state index contributed by atoms with van der Waals surface area (Å²) in [5, 5.41) is 2.96. The van der Waals surface area contributed by atoms with Gasteiger partial charge in [-0.3, -0.25) is 4.79 Å². The topological polar surface area (TPSA) is 29.1 Å². The van der Waals surface area contributed by atoms with E-state index in [2.05, 4.69) is 24.4 Å². The second-order valence-electron chi connectivity index (χ2n) is 4.05. The molecule has 0 aliphatic rings. The van der Waals surface area contributed by atoms with Crippen LogP contribution in [0.5, 0.6) is 0 Å². The number of hydrogen-bond acceptors (Lipinski definition) is 1. The van der Waals surface area contributed by atoms with E-state index in [1.54, 1.807) is 0 Å². The van der Waals surface area contributed by atoms with Gasteiger partial charge in [0.15, 0.2) is 0 Å². The lowest BCUT2D eigenvalue weighted by molar-refractivity contribution is -0.120. The minimum absolute atomic E-state index is 0.130. The molecule has 1 rings (SSSR count). The van der Waals surface area contributed by atoms with E-state index in [4.69, 9.17) is 0 Å². The second kappa shape index (κ2) is 6.31. The molecule has 0 aromatic heterocycles. The number of hydrogen-bond donors (Lipinski definition) is 1. The molecular formula is C14H21NO. The van der Waals surface area contributed by atoms with Gasteiger partial charge in [-0.2, -0.15) is 0 Å². The first-order chi connectivity index (χ1) is 7.71. The molecule has 2 nitrogen and oxygen atoms in total. The monoisotopic (exact) mass is 219 g/mol. The van der Waals surface area contributed by atoms with E-state index in [-0.39, 0.29) is 11.8 Å². The summed E-state index contributed by atoms with van der Waals surface area (Å²) < 4.78 is 0. The van der Waals surface area contributed by atoms with Crippen LogP contribution in [-0.2, 0) is 11.2 Å². The first-order valence-corrected chi connectivity index (χ1v) is 6.11. The van der Waals surface area contributed by atoms with E-state index in [0.717, 1.165) is 24.9 Å². The zero-order valence-electron chi connectivity index (χ0n) is 10.4. The van der Waals surface area contributed by atoms with Gasteiger partial charge in [0.25, 0.3) is 0 Å². The third-order valence-electron chi connectivity index (χ3n) is 2.99. The summed E-state index contributed by atoms with van der Waals surface area (Å²) in [5.74, 6) is 0.264. The van der Waals surface area contributed by atoms with Crippen LogP contribution in [0.2, 0.25) is 0 Å². The van der Waals surface area contributed by atoms with Crippen LogP contribution in [0.25, 0.3) is 0 Å². The Morgan fingerprint density at radius 2 is 1.69 bits per heavy atom. The lowest BCUT2D eigenvalue weighted by atomic mass is 10.0. The Labute approximate surface area is 98.1 Å². The van der Waals surface area contributed by atoms with E-state index in [1.807, 2.05) is 26.0 Å². The quantitative estimate of drug-likeness (QED) is 0.805. The molecule has 0 unspecified atom stereocenters. The predicted octanol–water partition coefficient (Wildman–Crippen LogP) is 3.62. The molecule has 1 N–H and O–H groups in total. The minimum atomic E-state index is 0.130. The van der Waals surface area contributed by atoms with E-state index in [0.29, 0.717) is 0 Å². The molecule has 0 atom stereocenters. The second-order valence-corrected chi connectivity index (χ2v) is 4.05. The van der Waals surface area contributed by atoms with Gasteiger partial charge in [0.2, 0.25) is 5.91 Å². The molecule has 0 radical (unpaired) electrons. The van der Waals surface area contributed by atoms with Crippen LogP contribution in [0, 0.1) is 5.92 Å². The van der Waals surface area contributed by atoms with Gasteiger partial charge in [-0.1, -0.05) is 32.9 Å². The molecule has 0 aliphatic heterocycles. The summed E-state index contributed by atoms with van der Waals surface area (Å²) in [6.07, 6.45) is 2.82. The van der Waals surface area contributed by atoms with Gasteiger partial charge in [-0.15, -0.1) is 0 Å². The number of benzene rings is 1. The van der Waals surface area contributed by atoms with Crippen molar-refractivity contribution in [3.8, 4) is 0 Å². The van der Waals surface area contributed by atoms with Gasteiger partial charge in [-0.05, 0) is 37.0 Å². The first kappa shape index (κ1) is 12.8. The Morgan fingerprint density at radius 3 is 2.12 bits per heavy atom. The number of anilines is 1. The third-order valence-corrected chi connectivity index (χ3v) is 2.99. The number of nitrogens with one attached hydrogen (secondary N) is 1. The van der Waals surface area contributed by atoms with Crippen LogP contribution in [0.1, 0.15) is 39.2 Å². The summed E-state index contributed by atoms with van der Waals surface area (Å²) in [6, 6.07) is 8.06. The molecule has 0 saturated heterocycles. The van der Waals surface area contributed by atoms with Gasteiger partial charge in [0, 0.05) is 11.6 Å². The Morgan fingerprint density at radius 1 is 1.12 bits per heavy atom. The van der Waals surface area contributed by atoms with E-state index >= 15 is 0 Å². The average Bonchev–Trinajstić information content (AvgIpc) is 2.31. The maximum Gasteiger partial charge on any atom is 0.227 e. The maximum absolute atomic E-state index is 11.8. The van der Waals surface area contributed by atoms with Crippen molar-refractivity contribution in [3.63, 3.8) is 0 Å². The third kappa shape index (κ3) is 3.37. The molecule has 0 saturated carbocycles. The van der Waals surface area contributed by atoms with Crippen molar-refractivity contribution in [1.82, 2.24) is 0 Å². The maximum atomic E-state index is 11.8. The Hall–Kier alpha value is -1.31. The number of amides is 1. The number of carbonyl (C=O) groups excluding carboxylic acids is 1. The van der Waals surface area contributed by atoms with Crippen molar-refractivity contribution in [2.24, 2.45) is 5.92 Å². The molecule has 0 aliphatic carbocycles. The number of carbonyl (C=O) groups is 1. The predicted molar refractivity (Wildman–Crippen MR) is 68.5 cm³/mol. The van der Waals surface area contributed by atoms with Crippen LogP contribution in [0.3, 0.4) is 0 Å². The lowest BCUT2D eigenvalue weighted by Gasteiger charge is -2.12. The van der Waals surface area contributed by atoms with E-state index < -0.39 is 0 Å². The fraction of sp³-hybridized carbons (Fsp3) is 0.500. The first-order valence-electron chi connectivity index (χ1n) is 6.11. The molecule has 1 aromatic rings. The van der Waals surface area contributed by atoms with E-state index in [1.165, 1.54) is 5.56 Å². The van der Waals surface area contributed by atoms with Gasteiger partial charge < -0.3 is 5.32 Å². The highest BCUT2D eigenvalue weighted by Gasteiger charge is 2.13. The molecule has 2 heteroatoms. The van der Waals surface area contributed by atoms with Gasteiger partial charge in [0.05, 0.1) is 0 Å². The molecular weight excluding hydrogens is 198 g/mol. The molecule has 16 heavy (non-hydrogen) atoms. The van der Waals surface area contributed by atoms with Crippen LogP contribution in [-0.4, -0.2) is 5.91 Å². The molecule has 1 aromatic carbocycles. The largest absolute Gasteiger partial charge is 0.326 e. The summed E-state index contributed by atoms with van der Waals surface area (Å²) in [5.41, 5.74) is 2.19. The van der Waals surface area contributed by atoms with Crippen LogP contribution < -0.4 is 5.32 Å². The molecule has 1 amide bonds. The Kier molecular flexibility index (Phi) is 5.03.